The lowest BCUT2D eigenvalue weighted by Gasteiger charge is -2.27. The van der Waals surface area contributed by atoms with Gasteiger partial charge in [-0.15, -0.1) is 0 Å². The molecule has 1 aliphatic rings. The van der Waals surface area contributed by atoms with Gasteiger partial charge in [0, 0.05) is 12.7 Å². The fourth-order valence-electron chi connectivity index (χ4n) is 3.82. The van der Waals surface area contributed by atoms with E-state index in [1.165, 1.54) is 6.42 Å². The third-order valence-electron chi connectivity index (χ3n) is 6.09. The van der Waals surface area contributed by atoms with Gasteiger partial charge < -0.3 is 26.4 Å². The first-order valence-electron chi connectivity index (χ1n) is 11.3. The normalized spacial score (nSPS) is 21.3. The molecule has 30 heavy (non-hydrogen) atoms. The highest BCUT2D eigenvalue weighted by molar-refractivity contribution is 7.58. The van der Waals surface area contributed by atoms with Gasteiger partial charge in [0.1, 0.15) is 6.04 Å². The Hall–Kier alpha value is -0.950. The number of amides is 2. The van der Waals surface area contributed by atoms with Crippen molar-refractivity contribution in [1.82, 2.24) is 10.6 Å². The zero-order chi connectivity index (χ0) is 22.9. The molecule has 0 radical (unpaired) electrons. The molecule has 1 fully saturated rings. The van der Waals surface area contributed by atoms with Crippen molar-refractivity contribution in [2.75, 3.05) is 18.9 Å². The Morgan fingerprint density at radius 2 is 1.73 bits per heavy atom. The third kappa shape index (κ3) is 9.46. The first kappa shape index (κ1) is 27.1. The van der Waals surface area contributed by atoms with Gasteiger partial charge in [-0.25, -0.2) is 0 Å². The van der Waals surface area contributed by atoms with Crippen LogP contribution in [0.4, 0.5) is 0 Å². The number of carbonyl (C=O) groups excluding carboxylic acids is 2. The standard InChI is InChI=1S/C21H42N3O5P/c1-5-15(4)19(24-20(26)18(22)14(2)3)21(27)23-11-17(25)13-30(28,29)12-16-9-7-6-8-10-16/h14-19,25H,5-13,22H2,1-4H3,(H,23,27)(H,24,26)(H,28,29)/t15?,17-,18-,19?/m0/s1. The minimum absolute atomic E-state index is 0.0599. The SMILES string of the molecule is CCC(C)C(NC(=O)[C@@H](N)C(C)C)C(=O)NC[C@H](O)CP(=O)(O)CC1CCCCC1. The second-order valence-electron chi connectivity index (χ2n) is 9.26. The number of aliphatic hydroxyl groups excluding tert-OH is 1. The minimum atomic E-state index is -3.46. The van der Waals surface area contributed by atoms with Crippen molar-refractivity contribution >= 4 is 19.2 Å². The lowest BCUT2D eigenvalue weighted by molar-refractivity contribution is -0.131. The molecule has 0 bridgehead atoms. The Morgan fingerprint density at radius 3 is 2.27 bits per heavy atom. The maximum Gasteiger partial charge on any atom is 0.242 e. The van der Waals surface area contributed by atoms with Crippen LogP contribution in [0.1, 0.15) is 66.2 Å². The van der Waals surface area contributed by atoms with Crippen molar-refractivity contribution in [2.45, 2.75) is 84.4 Å². The molecule has 0 heterocycles. The summed E-state index contributed by atoms with van der Waals surface area (Å²) in [6.45, 7) is 7.31. The van der Waals surface area contributed by atoms with Crippen molar-refractivity contribution in [3.63, 3.8) is 0 Å². The smallest absolute Gasteiger partial charge is 0.242 e. The van der Waals surface area contributed by atoms with E-state index >= 15 is 0 Å². The minimum Gasteiger partial charge on any atom is -0.391 e. The average Bonchev–Trinajstić information content (AvgIpc) is 2.68. The van der Waals surface area contributed by atoms with Crippen LogP contribution in [0.5, 0.6) is 0 Å². The Bertz CT molecular complexity index is 595. The zero-order valence-electron chi connectivity index (χ0n) is 19.0. The van der Waals surface area contributed by atoms with Crippen LogP contribution >= 0.6 is 7.37 Å². The first-order valence-corrected chi connectivity index (χ1v) is 13.3. The molecule has 1 rings (SSSR count). The fraction of sp³-hybridized carbons (Fsp3) is 0.905. The summed E-state index contributed by atoms with van der Waals surface area (Å²) in [6.07, 6.45) is 4.85. The Balaban J connectivity index is 2.57. The van der Waals surface area contributed by atoms with E-state index in [4.69, 9.17) is 5.73 Å². The Labute approximate surface area is 181 Å². The molecule has 0 aromatic rings. The molecule has 9 heteroatoms. The van der Waals surface area contributed by atoms with E-state index in [0.717, 1.165) is 25.7 Å². The van der Waals surface area contributed by atoms with Crippen molar-refractivity contribution in [3.8, 4) is 0 Å². The summed E-state index contributed by atoms with van der Waals surface area (Å²) in [5.41, 5.74) is 5.88. The molecule has 0 spiro atoms. The Kier molecular flexibility index (Phi) is 11.6. The second-order valence-corrected chi connectivity index (χ2v) is 11.7. The molecule has 8 nitrogen and oxygen atoms in total. The quantitative estimate of drug-likeness (QED) is 0.289. The summed E-state index contributed by atoms with van der Waals surface area (Å²) in [4.78, 5) is 35.2. The maximum atomic E-state index is 12.6. The van der Waals surface area contributed by atoms with Gasteiger partial charge in [-0.05, 0) is 30.6 Å². The fourth-order valence-corrected chi connectivity index (χ4v) is 5.93. The second kappa shape index (κ2) is 12.8. The van der Waals surface area contributed by atoms with E-state index in [1.807, 2.05) is 27.7 Å². The number of carbonyl (C=O) groups is 2. The molecule has 0 aromatic carbocycles. The van der Waals surface area contributed by atoms with Gasteiger partial charge in [-0.2, -0.15) is 0 Å². The maximum absolute atomic E-state index is 12.6. The molecule has 3 unspecified atom stereocenters. The van der Waals surface area contributed by atoms with E-state index in [-0.39, 0.29) is 36.6 Å². The molecule has 5 atom stereocenters. The van der Waals surface area contributed by atoms with Crippen LogP contribution < -0.4 is 16.4 Å². The largest absolute Gasteiger partial charge is 0.391 e. The molecule has 176 valence electrons. The van der Waals surface area contributed by atoms with Crippen molar-refractivity contribution in [3.05, 3.63) is 0 Å². The molecule has 6 N–H and O–H groups in total. The third-order valence-corrected chi connectivity index (χ3v) is 8.17. The van der Waals surface area contributed by atoms with Gasteiger partial charge in [0.25, 0.3) is 0 Å². The number of hydrogen-bond acceptors (Lipinski definition) is 5. The van der Waals surface area contributed by atoms with Crippen molar-refractivity contribution < 1.29 is 24.2 Å². The van der Waals surface area contributed by atoms with Crippen LogP contribution in [-0.4, -0.2) is 58.9 Å². The van der Waals surface area contributed by atoms with Gasteiger partial charge in [-0.1, -0.05) is 53.4 Å². The number of nitrogens with two attached hydrogens (primary N) is 1. The lowest BCUT2D eigenvalue weighted by Crippen LogP contribution is -2.55. The molecule has 2 amide bonds. The van der Waals surface area contributed by atoms with Crippen LogP contribution in [0.15, 0.2) is 0 Å². The van der Waals surface area contributed by atoms with Gasteiger partial charge in [0.2, 0.25) is 19.2 Å². The lowest BCUT2D eigenvalue weighted by atomic mass is 9.91. The van der Waals surface area contributed by atoms with Crippen LogP contribution in [0, 0.1) is 17.8 Å². The van der Waals surface area contributed by atoms with Crippen LogP contribution in [0.2, 0.25) is 0 Å². The predicted molar refractivity (Wildman–Crippen MR) is 119 cm³/mol. The zero-order valence-corrected chi connectivity index (χ0v) is 19.9. The van der Waals surface area contributed by atoms with Crippen LogP contribution in [0.3, 0.4) is 0 Å². The van der Waals surface area contributed by atoms with Crippen LogP contribution in [-0.2, 0) is 14.2 Å². The predicted octanol–water partition coefficient (Wildman–Crippen LogP) is 1.83. The molecule has 0 saturated heterocycles. The van der Waals surface area contributed by atoms with E-state index in [2.05, 4.69) is 10.6 Å². The number of aliphatic hydroxyl groups is 1. The number of hydrogen-bond donors (Lipinski definition) is 5. The van der Waals surface area contributed by atoms with Crippen molar-refractivity contribution in [2.24, 2.45) is 23.5 Å². The van der Waals surface area contributed by atoms with E-state index in [1.54, 1.807) is 0 Å². The molecule has 0 aromatic heterocycles. The van der Waals surface area contributed by atoms with Gasteiger partial charge in [0.15, 0.2) is 0 Å². The molecule has 1 aliphatic carbocycles. The topological polar surface area (TPSA) is 142 Å². The Morgan fingerprint density at radius 1 is 1.13 bits per heavy atom. The summed E-state index contributed by atoms with van der Waals surface area (Å²) >= 11 is 0. The highest BCUT2D eigenvalue weighted by Crippen LogP contribution is 2.45. The molecular weight excluding hydrogens is 405 g/mol. The van der Waals surface area contributed by atoms with Crippen LogP contribution in [0.25, 0.3) is 0 Å². The molecular formula is C21H42N3O5P. The van der Waals surface area contributed by atoms with Gasteiger partial charge in [-0.3, -0.25) is 14.2 Å². The molecule has 1 saturated carbocycles. The highest BCUT2D eigenvalue weighted by Gasteiger charge is 2.31. The highest BCUT2D eigenvalue weighted by atomic mass is 31.2. The van der Waals surface area contributed by atoms with Gasteiger partial charge in [0.05, 0.1) is 18.3 Å². The average molecular weight is 448 g/mol. The van der Waals surface area contributed by atoms with E-state index in [0.29, 0.717) is 6.42 Å². The van der Waals surface area contributed by atoms with E-state index < -0.39 is 37.4 Å². The molecule has 0 aliphatic heterocycles. The monoisotopic (exact) mass is 447 g/mol. The summed E-state index contributed by atoms with van der Waals surface area (Å²) in [5, 5.41) is 15.6. The number of nitrogens with one attached hydrogen (secondary N) is 2. The summed E-state index contributed by atoms with van der Waals surface area (Å²) in [6, 6.07) is -1.49. The van der Waals surface area contributed by atoms with Crippen molar-refractivity contribution in [1.29, 1.82) is 0 Å². The van der Waals surface area contributed by atoms with Gasteiger partial charge >= 0.3 is 0 Å². The summed E-state index contributed by atoms with van der Waals surface area (Å²) in [5.74, 6) is -0.756. The van der Waals surface area contributed by atoms with E-state index in [9.17, 15) is 24.2 Å². The summed E-state index contributed by atoms with van der Waals surface area (Å²) < 4.78 is 12.5. The first-order chi connectivity index (χ1) is 14.0. The summed E-state index contributed by atoms with van der Waals surface area (Å²) in [7, 11) is -3.46. The number of rotatable bonds is 12.